The van der Waals surface area contributed by atoms with E-state index in [1.54, 1.807) is 6.07 Å². The van der Waals surface area contributed by atoms with Gasteiger partial charge in [0.05, 0.1) is 13.2 Å². The second kappa shape index (κ2) is 10.4. The van der Waals surface area contributed by atoms with Gasteiger partial charge >= 0.3 is 5.97 Å². The van der Waals surface area contributed by atoms with Crippen molar-refractivity contribution in [1.82, 2.24) is 4.90 Å². The number of carbonyl (C=O) groups is 3. The van der Waals surface area contributed by atoms with Crippen molar-refractivity contribution in [2.75, 3.05) is 19.8 Å². The van der Waals surface area contributed by atoms with Crippen molar-refractivity contribution in [3.8, 4) is 0 Å². The van der Waals surface area contributed by atoms with E-state index in [9.17, 15) is 14.4 Å². The molecular formula is C21H25NO5. The van der Waals surface area contributed by atoms with E-state index in [4.69, 9.17) is 9.84 Å². The molecule has 144 valence electrons. The lowest BCUT2D eigenvalue weighted by atomic mass is 9.99. The first-order valence-electron chi connectivity index (χ1n) is 9.08. The molecule has 0 aromatic heterocycles. The topological polar surface area (TPSA) is 83.9 Å². The molecule has 0 saturated heterocycles. The Morgan fingerprint density at radius 1 is 1.07 bits per heavy atom. The summed E-state index contributed by atoms with van der Waals surface area (Å²) in [6, 6.07) is 11.3. The number of rotatable bonds is 11. The Hall–Kier alpha value is -2.73. The summed E-state index contributed by atoms with van der Waals surface area (Å²) in [6.07, 6.45) is 2.86. The number of unbranched alkanes of at least 4 members (excludes halogenated alkanes) is 2. The number of aliphatic carboxylic acids is 1. The van der Waals surface area contributed by atoms with Gasteiger partial charge in [0.25, 0.3) is 5.91 Å². The third kappa shape index (κ3) is 5.89. The first-order valence-corrected chi connectivity index (χ1v) is 9.08. The van der Waals surface area contributed by atoms with Crippen LogP contribution in [-0.2, 0) is 14.3 Å². The summed E-state index contributed by atoms with van der Waals surface area (Å²) in [5.74, 6) is -1.13. The Balaban J connectivity index is 1.88. The van der Waals surface area contributed by atoms with Gasteiger partial charge in [-0.1, -0.05) is 36.8 Å². The fraction of sp³-hybridized carbons (Fsp3) is 0.381. The lowest BCUT2D eigenvalue weighted by molar-refractivity contribution is -0.137. The fourth-order valence-corrected chi connectivity index (χ4v) is 2.99. The van der Waals surface area contributed by atoms with Gasteiger partial charge in [0, 0.05) is 18.6 Å². The number of aryl methyl sites for hydroxylation is 1. The minimum absolute atomic E-state index is 0.165. The molecule has 2 aromatic carbocycles. The summed E-state index contributed by atoms with van der Waals surface area (Å²) in [5, 5.41) is 10.4. The highest BCUT2D eigenvalue weighted by molar-refractivity contribution is 6.10. The zero-order chi connectivity index (χ0) is 19.6. The quantitative estimate of drug-likeness (QED) is 0.483. The fourth-order valence-electron chi connectivity index (χ4n) is 2.99. The molecule has 0 saturated carbocycles. The third-order valence-corrected chi connectivity index (χ3v) is 4.39. The standard InChI is InChI=1S/C21H25NO5/c1-16-7-5-8-17-9-6-10-18(20(16)17)21(26)22(15-23)12-14-27-13-4-2-3-11-19(24)25/h5-10,15H,2-4,11-14H2,1H3,(H,24,25). The number of carboxylic acid groups (broad SMARTS) is 1. The number of fused-ring (bicyclic) bond motifs is 1. The lowest BCUT2D eigenvalue weighted by Crippen LogP contribution is -2.33. The van der Waals surface area contributed by atoms with Crippen molar-refractivity contribution in [3.05, 3.63) is 47.5 Å². The van der Waals surface area contributed by atoms with Crippen LogP contribution in [0.3, 0.4) is 0 Å². The smallest absolute Gasteiger partial charge is 0.303 e. The first-order chi connectivity index (χ1) is 13.0. The molecule has 27 heavy (non-hydrogen) atoms. The van der Waals surface area contributed by atoms with Gasteiger partial charge in [-0.2, -0.15) is 0 Å². The van der Waals surface area contributed by atoms with Crippen molar-refractivity contribution >= 4 is 29.1 Å². The highest BCUT2D eigenvalue weighted by Crippen LogP contribution is 2.23. The van der Waals surface area contributed by atoms with Crippen LogP contribution in [-0.4, -0.2) is 48.1 Å². The summed E-state index contributed by atoms with van der Waals surface area (Å²) in [4.78, 5) is 35.8. The van der Waals surface area contributed by atoms with Crippen molar-refractivity contribution in [2.45, 2.75) is 32.6 Å². The van der Waals surface area contributed by atoms with Crippen LogP contribution in [0.2, 0.25) is 0 Å². The molecule has 1 N–H and O–H groups in total. The highest BCUT2D eigenvalue weighted by Gasteiger charge is 2.18. The summed E-state index contributed by atoms with van der Waals surface area (Å²) in [6.45, 7) is 2.86. The molecular weight excluding hydrogens is 346 g/mol. The molecule has 0 aliphatic rings. The molecule has 0 atom stereocenters. The van der Waals surface area contributed by atoms with Crippen molar-refractivity contribution < 1.29 is 24.2 Å². The van der Waals surface area contributed by atoms with Gasteiger partial charge < -0.3 is 9.84 Å². The van der Waals surface area contributed by atoms with Crippen LogP contribution in [0.1, 0.15) is 41.6 Å². The van der Waals surface area contributed by atoms with Crippen LogP contribution in [0, 0.1) is 6.92 Å². The van der Waals surface area contributed by atoms with Crippen LogP contribution in [0.25, 0.3) is 10.8 Å². The second-order valence-electron chi connectivity index (χ2n) is 6.40. The zero-order valence-corrected chi connectivity index (χ0v) is 15.5. The maximum Gasteiger partial charge on any atom is 0.303 e. The molecule has 0 radical (unpaired) electrons. The molecule has 2 amide bonds. The molecule has 0 heterocycles. The van der Waals surface area contributed by atoms with E-state index in [-0.39, 0.29) is 25.5 Å². The first kappa shape index (κ1) is 20.6. The second-order valence-corrected chi connectivity index (χ2v) is 6.40. The Morgan fingerprint density at radius 3 is 2.52 bits per heavy atom. The third-order valence-electron chi connectivity index (χ3n) is 4.39. The molecule has 2 rings (SSSR count). The number of benzene rings is 2. The largest absolute Gasteiger partial charge is 0.481 e. The minimum atomic E-state index is -0.792. The molecule has 6 nitrogen and oxygen atoms in total. The van der Waals surface area contributed by atoms with Gasteiger partial charge in [0.2, 0.25) is 6.41 Å². The van der Waals surface area contributed by atoms with Gasteiger partial charge in [0.1, 0.15) is 0 Å². The number of carbonyl (C=O) groups excluding carboxylic acids is 2. The minimum Gasteiger partial charge on any atom is -0.481 e. The number of ether oxygens (including phenoxy) is 1. The Morgan fingerprint density at radius 2 is 1.81 bits per heavy atom. The average Bonchev–Trinajstić information content (AvgIpc) is 2.66. The van der Waals surface area contributed by atoms with E-state index in [0.29, 0.717) is 25.0 Å². The van der Waals surface area contributed by atoms with E-state index >= 15 is 0 Å². The lowest BCUT2D eigenvalue weighted by Gasteiger charge is -2.17. The zero-order valence-electron chi connectivity index (χ0n) is 15.5. The number of carboxylic acids is 1. The van der Waals surface area contributed by atoms with Gasteiger partial charge in [-0.3, -0.25) is 19.3 Å². The number of nitrogens with zero attached hydrogens (tertiary/aromatic N) is 1. The van der Waals surface area contributed by atoms with Crippen LogP contribution in [0.15, 0.2) is 36.4 Å². The number of imide groups is 1. The maximum atomic E-state index is 12.8. The van der Waals surface area contributed by atoms with Crippen molar-refractivity contribution in [2.24, 2.45) is 0 Å². The Kier molecular flexibility index (Phi) is 7.95. The molecule has 0 aliphatic carbocycles. The molecule has 0 fully saturated rings. The van der Waals surface area contributed by atoms with E-state index in [2.05, 4.69) is 0 Å². The van der Waals surface area contributed by atoms with Crippen LogP contribution in [0.5, 0.6) is 0 Å². The maximum absolute atomic E-state index is 12.8. The van der Waals surface area contributed by atoms with E-state index in [0.717, 1.165) is 34.1 Å². The van der Waals surface area contributed by atoms with Crippen LogP contribution >= 0.6 is 0 Å². The van der Waals surface area contributed by atoms with E-state index in [1.165, 1.54) is 0 Å². The van der Waals surface area contributed by atoms with Gasteiger partial charge in [-0.05, 0) is 42.2 Å². The molecule has 6 heteroatoms. The highest BCUT2D eigenvalue weighted by atomic mass is 16.5. The number of hydrogen-bond acceptors (Lipinski definition) is 4. The molecule has 0 spiro atoms. The predicted molar refractivity (Wildman–Crippen MR) is 103 cm³/mol. The Labute approximate surface area is 158 Å². The van der Waals surface area contributed by atoms with E-state index in [1.807, 2.05) is 37.3 Å². The van der Waals surface area contributed by atoms with Crippen LogP contribution in [0.4, 0.5) is 0 Å². The van der Waals surface area contributed by atoms with E-state index < -0.39 is 5.97 Å². The number of amides is 2. The van der Waals surface area contributed by atoms with Crippen molar-refractivity contribution in [1.29, 1.82) is 0 Å². The summed E-state index contributed by atoms with van der Waals surface area (Å²) in [5.41, 5.74) is 1.49. The van der Waals surface area contributed by atoms with Crippen LogP contribution < -0.4 is 0 Å². The monoisotopic (exact) mass is 371 g/mol. The average molecular weight is 371 g/mol. The SMILES string of the molecule is Cc1cccc2cccc(C(=O)N(C=O)CCOCCCCCC(=O)O)c12. The summed E-state index contributed by atoms with van der Waals surface area (Å²) >= 11 is 0. The van der Waals surface area contributed by atoms with Crippen molar-refractivity contribution in [3.63, 3.8) is 0 Å². The molecule has 0 aliphatic heterocycles. The summed E-state index contributed by atoms with van der Waals surface area (Å²) in [7, 11) is 0. The predicted octanol–water partition coefficient (Wildman–Crippen LogP) is 3.41. The summed E-state index contributed by atoms with van der Waals surface area (Å²) < 4.78 is 5.47. The van der Waals surface area contributed by atoms with Gasteiger partial charge in [-0.15, -0.1) is 0 Å². The molecule has 0 unspecified atom stereocenters. The molecule has 0 bridgehead atoms. The van der Waals surface area contributed by atoms with Gasteiger partial charge in [0.15, 0.2) is 0 Å². The Bertz CT molecular complexity index is 797. The number of hydrogen-bond donors (Lipinski definition) is 1. The van der Waals surface area contributed by atoms with Gasteiger partial charge in [-0.25, -0.2) is 0 Å². The molecule has 2 aromatic rings. The normalized spacial score (nSPS) is 10.7.